The zero-order valence-electron chi connectivity index (χ0n) is 7.67. The molecule has 0 N–H and O–H groups in total. The minimum Gasteiger partial charge on any atom is -0.335 e. The summed E-state index contributed by atoms with van der Waals surface area (Å²) in [6, 6.07) is 0. The number of hydrogen-bond acceptors (Lipinski definition) is 2. The first-order chi connectivity index (χ1) is 5.65. The Kier molecular flexibility index (Phi) is 2.84. The number of carbonyl (C=O) groups excluding carboxylic acids is 2. The highest BCUT2D eigenvalue weighted by Crippen LogP contribution is 2.11. The van der Waals surface area contributed by atoms with Crippen LogP contribution in [0.15, 0.2) is 0 Å². The van der Waals surface area contributed by atoms with E-state index >= 15 is 0 Å². The average molecular weight is 169 g/mol. The van der Waals surface area contributed by atoms with E-state index in [1.165, 1.54) is 0 Å². The molecule has 12 heavy (non-hydrogen) atoms. The van der Waals surface area contributed by atoms with Crippen molar-refractivity contribution < 1.29 is 9.59 Å². The number of likely N-dealkylation sites (tertiary alicyclic amines) is 1. The van der Waals surface area contributed by atoms with E-state index in [0.29, 0.717) is 19.5 Å². The number of rotatable bonds is 2. The molecule has 0 aromatic heterocycles. The molecule has 0 aliphatic carbocycles. The fourth-order valence-electron chi connectivity index (χ4n) is 1.31. The van der Waals surface area contributed by atoms with Gasteiger partial charge in [-0.05, 0) is 6.42 Å². The Morgan fingerprint density at radius 2 is 2.33 bits per heavy atom. The van der Waals surface area contributed by atoms with E-state index in [1.807, 2.05) is 13.8 Å². The van der Waals surface area contributed by atoms with Gasteiger partial charge in [0.1, 0.15) is 0 Å². The molecule has 0 spiro atoms. The molecule has 0 radical (unpaired) electrons. The molecule has 1 saturated heterocycles. The maximum absolute atomic E-state index is 11.5. The SMILES string of the molecule is CCC(C)C(=O)N1CCC(=O)C1. The fraction of sp³-hybridized carbons (Fsp3) is 0.778. The third-order valence-corrected chi connectivity index (χ3v) is 2.37. The smallest absolute Gasteiger partial charge is 0.225 e. The van der Waals surface area contributed by atoms with Crippen molar-refractivity contribution in [1.82, 2.24) is 4.90 Å². The van der Waals surface area contributed by atoms with Gasteiger partial charge in [0.25, 0.3) is 0 Å². The molecule has 68 valence electrons. The van der Waals surface area contributed by atoms with E-state index in [1.54, 1.807) is 4.90 Å². The summed E-state index contributed by atoms with van der Waals surface area (Å²) in [5.74, 6) is 0.380. The van der Waals surface area contributed by atoms with Crippen molar-refractivity contribution in [1.29, 1.82) is 0 Å². The van der Waals surface area contributed by atoms with Gasteiger partial charge in [0, 0.05) is 18.9 Å². The lowest BCUT2D eigenvalue weighted by Gasteiger charge is -2.17. The molecule has 1 aliphatic heterocycles. The molecule has 0 bridgehead atoms. The molecule has 1 amide bonds. The Balaban J connectivity index is 2.48. The van der Waals surface area contributed by atoms with Crippen LogP contribution in [0.2, 0.25) is 0 Å². The predicted molar refractivity (Wildman–Crippen MR) is 45.7 cm³/mol. The second kappa shape index (κ2) is 3.70. The average Bonchev–Trinajstić information content (AvgIpc) is 2.49. The molecule has 1 rings (SSSR count). The molecule has 1 aliphatic rings. The Morgan fingerprint density at radius 3 is 2.75 bits per heavy atom. The van der Waals surface area contributed by atoms with Gasteiger partial charge in [-0.2, -0.15) is 0 Å². The van der Waals surface area contributed by atoms with Gasteiger partial charge in [-0.15, -0.1) is 0 Å². The predicted octanol–water partition coefficient (Wildman–Crippen LogP) is 0.834. The first kappa shape index (κ1) is 9.23. The summed E-state index contributed by atoms with van der Waals surface area (Å²) in [4.78, 5) is 24.0. The zero-order valence-corrected chi connectivity index (χ0v) is 7.67. The van der Waals surface area contributed by atoms with Crippen LogP contribution in [0.1, 0.15) is 26.7 Å². The molecule has 1 unspecified atom stereocenters. The third-order valence-electron chi connectivity index (χ3n) is 2.37. The molecule has 1 atom stereocenters. The minimum absolute atomic E-state index is 0.0656. The van der Waals surface area contributed by atoms with Crippen LogP contribution < -0.4 is 0 Å². The number of hydrogen-bond donors (Lipinski definition) is 0. The summed E-state index contributed by atoms with van der Waals surface area (Å²) in [6.07, 6.45) is 1.39. The number of nitrogens with zero attached hydrogens (tertiary/aromatic N) is 1. The summed E-state index contributed by atoms with van der Waals surface area (Å²) in [6.45, 7) is 4.86. The van der Waals surface area contributed by atoms with Crippen LogP contribution in [-0.2, 0) is 9.59 Å². The lowest BCUT2D eigenvalue weighted by molar-refractivity contribution is -0.135. The summed E-state index contributed by atoms with van der Waals surface area (Å²) in [5, 5.41) is 0. The molecule has 1 heterocycles. The Bertz CT molecular complexity index is 201. The molecule has 3 nitrogen and oxygen atoms in total. The van der Waals surface area contributed by atoms with Crippen molar-refractivity contribution in [3.63, 3.8) is 0 Å². The van der Waals surface area contributed by atoms with Crippen molar-refractivity contribution in [2.24, 2.45) is 5.92 Å². The van der Waals surface area contributed by atoms with E-state index in [9.17, 15) is 9.59 Å². The van der Waals surface area contributed by atoms with Gasteiger partial charge in [0.05, 0.1) is 6.54 Å². The van der Waals surface area contributed by atoms with Gasteiger partial charge in [0.2, 0.25) is 5.91 Å². The van der Waals surface area contributed by atoms with E-state index < -0.39 is 0 Å². The van der Waals surface area contributed by atoms with Gasteiger partial charge in [-0.25, -0.2) is 0 Å². The quantitative estimate of drug-likeness (QED) is 0.614. The highest BCUT2D eigenvalue weighted by molar-refractivity contribution is 5.90. The van der Waals surface area contributed by atoms with Gasteiger partial charge in [-0.3, -0.25) is 9.59 Å². The molecule has 0 aromatic carbocycles. The van der Waals surface area contributed by atoms with Gasteiger partial charge in [0.15, 0.2) is 5.78 Å². The van der Waals surface area contributed by atoms with Crippen molar-refractivity contribution in [2.75, 3.05) is 13.1 Å². The molecule has 3 heteroatoms. The monoisotopic (exact) mass is 169 g/mol. The van der Waals surface area contributed by atoms with Crippen molar-refractivity contribution in [2.45, 2.75) is 26.7 Å². The van der Waals surface area contributed by atoms with Crippen LogP contribution >= 0.6 is 0 Å². The largest absolute Gasteiger partial charge is 0.335 e. The Labute approximate surface area is 72.7 Å². The minimum atomic E-state index is 0.0656. The summed E-state index contributed by atoms with van der Waals surface area (Å²) >= 11 is 0. The number of carbonyl (C=O) groups is 2. The van der Waals surface area contributed by atoms with Gasteiger partial charge < -0.3 is 4.90 Å². The van der Waals surface area contributed by atoms with E-state index in [2.05, 4.69) is 0 Å². The molecular weight excluding hydrogens is 154 g/mol. The first-order valence-electron chi connectivity index (χ1n) is 4.45. The maximum Gasteiger partial charge on any atom is 0.225 e. The van der Waals surface area contributed by atoms with E-state index in [-0.39, 0.29) is 17.6 Å². The topological polar surface area (TPSA) is 37.4 Å². The van der Waals surface area contributed by atoms with Crippen LogP contribution in [0.25, 0.3) is 0 Å². The van der Waals surface area contributed by atoms with Crippen LogP contribution in [0, 0.1) is 5.92 Å². The summed E-state index contributed by atoms with van der Waals surface area (Å²) in [7, 11) is 0. The Morgan fingerprint density at radius 1 is 1.67 bits per heavy atom. The third kappa shape index (κ3) is 1.84. The number of amides is 1. The first-order valence-corrected chi connectivity index (χ1v) is 4.45. The van der Waals surface area contributed by atoms with Crippen LogP contribution in [-0.4, -0.2) is 29.7 Å². The normalized spacial score (nSPS) is 19.8. The highest BCUT2D eigenvalue weighted by atomic mass is 16.2. The van der Waals surface area contributed by atoms with Crippen LogP contribution in [0.4, 0.5) is 0 Å². The lowest BCUT2D eigenvalue weighted by atomic mass is 10.1. The van der Waals surface area contributed by atoms with Crippen LogP contribution in [0.3, 0.4) is 0 Å². The molecule has 0 saturated carbocycles. The molecular formula is C9H15NO2. The van der Waals surface area contributed by atoms with Crippen molar-refractivity contribution in [3.05, 3.63) is 0 Å². The number of Topliss-reactive ketones (excluding diaryl/α,β-unsaturated/α-hetero) is 1. The highest BCUT2D eigenvalue weighted by Gasteiger charge is 2.26. The van der Waals surface area contributed by atoms with Gasteiger partial charge >= 0.3 is 0 Å². The van der Waals surface area contributed by atoms with Crippen LogP contribution in [0.5, 0.6) is 0 Å². The van der Waals surface area contributed by atoms with Gasteiger partial charge in [-0.1, -0.05) is 13.8 Å². The summed E-state index contributed by atoms with van der Waals surface area (Å²) in [5.41, 5.74) is 0. The fourth-order valence-corrected chi connectivity index (χ4v) is 1.31. The summed E-state index contributed by atoms with van der Waals surface area (Å²) < 4.78 is 0. The van der Waals surface area contributed by atoms with E-state index in [0.717, 1.165) is 6.42 Å². The Hall–Kier alpha value is -0.860. The van der Waals surface area contributed by atoms with Crippen molar-refractivity contribution in [3.8, 4) is 0 Å². The second-order valence-corrected chi connectivity index (χ2v) is 3.36. The maximum atomic E-state index is 11.5. The zero-order chi connectivity index (χ0) is 9.14. The van der Waals surface area contributed by atoms with E-state index in [4.69, 9.17) is 0 Å². The lowest BCUT2D eigenvalue weighted by Crippen LogP contribution is -2.33. The molecule has 1 fully saturated rings. The molecule has 0 aromatic rings. The second-order valence-electron chi connectivity index (χ2n) is 3.36. The standard InChI is InChI=1S/C9H15NO2/c1-3-7(2)9(12)10-5-4-8(11)6-10/h7H,3-6H2,1-2H3. The number of ketones is 1. The van der Waals surface area contributed by atoms with Crippen molar-refractivity contribution >= 4 is 11.7 Å².